The molecule has 1 saturated heterocycles. The van der Waals surface area contributed by atoms with Gasteiger partial charge in [-0.15, -0.1) is 0 Å². The summed E-state index contributed by atoms with van der Waals surface area (Å²) in [5, 5.41) is 6.78. The summed E-state index contributed by atoms with van der Waals surface area (Å²) in [4.78, 5) is 14.5. The van der Waals surface area contributed by atoms with Crippen LogP contribution < -0.4 is 10.6 Å². The van der Waals surface area contributed by atoms with Gasteiger partial charge in [-0.3, -0.25) is 4.90 Å². The van der Waals surface area contributed by atoms with Crippen molar-refractivity contribution in [1.29, 1.82) is 0 Å². The number of rotatable bonds is 5. The number of benzene rings is 1. The molecule has 1 saturated carbocycles. The number of carbonyl (C=O) groups excluding carboxylic acids is 1. The third-order valence-corrected chi connectivity index (χ3v) is 4.80. The molecule has 2 N–H and O–H groups in total. The van der Waals surface area contributed by atoms with Crippen LogP contribution in [0.2, 0.25) is 5.02 Å². The third-order valence-electron chi connectivity index (χ3n) is 4.56. The molecule has 2 amide bonds. The molecule has 2 atom stereocenters. The molecule has 22 heavy (non-hydrogen) atoms. The van der Waals surface area contributed by atoms with Crippen LogP contribution in [0.3, 0.4) is 0 Å². The second-order valence-electron chi connectivity index (χ2n) is 6.49. The van der Waals surface area contributed by atoms with Gasteiger partial charge < -0.3 is 10.6 Å². The van der Waals surface area contributed by atoms with Crippen molar-refractivity contribution in [3.05, 3.63) is 34.9 Å². The third kappa shape index (κ3) is 4.14. The Morgan fingerprint density at radius 2 is 2.23 bits per heavy atom. The number of nitrogens with one attached hydrogen (secondary N) is 2. The van der Waals surface area contributed by atoms with E-state index < -0.39 is 0 Å². The lowest BCUT2D eigenvalue weighted by molar-refractivity contribution is 0.234. The van der Waals surface area contributed by atoms with Gasteiger partial charge in [0.2, 0.25) is 0 Å². The molecule has 1 heterocycles. The van der Waals surface area contributed by atoms with E-state index in [-0.39, 0.29) is 12.1 Å². The van der Waals surface area contributed by atoms with E-state index in [1.165, 1.54) is 12.8 Å². The first kappa shape index (κ1) is 15.6. The van der Waals surface area contributed by atoms with E-state index in [0.29, 0.717) is 12.6 Å². The lowest BCUT2D eigenvalue weighted by Crippen LogP contribution is -2.44. The first-order valence-electron chi connectivity index (χ1n) is 8.16. The average molecular weight is 322 g/mol. The van der Waals surface area contributed by atoms with Gasteiger partial charge in [0.15, 0.2) is 0 Å². The zero-order chi connectivity index (χ0) is 15.5. The van der Waals surface area contributed by atoms with Crippen LogP contribution in [-0.4, -0.2) is 42.1 Å². The van der Waals surface area contributed by atoms with E-state index >= 15 is 0 Å². The Balaban J connectivity index is 1.38. The van der Waals surface area contributed by atoms with Gasteiger partial charge in [0, 0.05) is 36.2 Å². The van der Waals surface area contributed by atoms with E-state index in [1.54, 1.807) is 0 Å². The summed E-state index contributed by atoms with van der Waals surface area (Å²) in [7, 11) is 0. The zero-order valence-electron chi connectivity index (χ0n) is 13.0. The Bertz CT molecular complexity index is 532. The van der Waals surface area contributed by atoms with Crippen molar-refractivity contribution in [2.45, 2.75) is 50.7 Å². The van der Waals surface area contributed by atoms with Crippen LogP contribution in [0.15, 0.2) is 24.3 Å². The SMILES string of the molecule is CC1CC(NC(=O)NCCc2cccc(Cl)c2)CN1C1CC1. The first-order chi connectivity index (χ1) is 10.6. The van der Waals surface area contributed by atoms with Crippen LogP contribution in [-0.2, 0) is 6.42 Å². The maximum Gasteiger partial charge on any atom is 0.315 e. The number of urea groups is 1. The Labute approximate surface area is 137 Å². The van der Waals surface area contributed by atoms with Crippen molar-refractivity contribution in [1.82, 2.24) is 15.5 Å². The van der Waals surface area contributed by atoms with Gasteiger partial charge in [-0.2, -0.15) is 0 Å². The predicted octanol–water partition coefficient (Wildman–Crippen LogP) is 2.81. The Morgan fingerprint density at radius 1 is 1.41 bits per heavy atom. The van der Waals surface area contributed by atoms with Gasteiger partial charge in [-0.25, -0.2) is 4.79 Å². The molecular weight excluding hydrogens is 298 g/mol. The second kappa shape index (κ2) is 6.88. The van der Waals surface area contributed by atoms with E-state index in [4.69, 9.17) is 11.6 Å². The normalized spacial score (nSPS) is 25.2. The minimum Gasteiger partial charge on any atom is -0.338 e. The van der Waals surface area contributed by atoms with Crippen LogP contribution in [0.4, 0.5) is 4.79 Å². The van der Waals surface area contributed by atoms with Gasteiger partial charge in [0.25, 0.3) is 0 Å². The molecule has 0 radical (unpaired) electrons. The molecule has 0 bridgehead atoms. The number of carbonyl (C=O) groups is 1. The molecule has 3 rings (SSSR count). The summed E-state index contributed by atoms with van der Waals surface area (Å²) < 4.78 is 0. The fourth-order valence-electron chi connectivity index (χ4n) is 3.33. The van der Waals surface area contributed by atoms with Crippen molar-refractivity contribution in [3.8, 4) is 0 Å². The quantitative estimate of drug-likeness (QED) is 0.876. The molecule has 2 aliphatic rings. The molecule has 4 nitrogen and oxygen atoms in total. The Morgan fingerprint density at radius 3 is 2.95 bits per heavy atom. The van der Waals surface area contributed by atoms with Crippen LogP contribution in [0, 0.1) is 0 Å². The zero-order valence-corrected chi connectivity index (χ0v) is 13.8. The number of hydrogen-bond acceptors (Lipinski definition) is 2. The van der Waals surface area contributed by atoms with Crippen LogP contribution in [0.5, 0.6) is 0 Å². The highest BCUT2D eigenvalue weighted by Gasteiger charge is 2.39. The van der Waals surface area contributed by atoms with E-state index in [9.17, 15) is 4.79 Å². The molecular formula is C17H24ClN3O. The summed E-state index contributed by atoms with van der Waals surface area (Å²) in [6.07, 6.45) is 4.49. The van der Waals surface area contributed by atoms with Gasteiger partial charge in [0.05, 0.1) is 0 Å². The van der Waals surface area contributed by atoms with E-state index in [1.807, 2.05) is 24.3 Å². The van der Waals surface area contributed by atoms with Crippen molar-refractivity contribution in [2.24, 2.45) is 0 Å². The second-order valence-corrected chi connectivity index (χ2v) is 6.93. The number of nitrogens with zero attached hydrogens (tertiary/aromatic N) is 1. The minimum atomic E-state index is -0.0584. The molecule has 2 fully saturated rings. The molecule has 120 valence electrons. The lowest BCUT2D eigenvalue weighted by Gasteiger charge is -2.19. The van der Waals surface area contributed by atoms with Crippen molar-refractivity contribution >= 4 is 17.6 Å². The summed E-state index contributed by atoms with van der Waals surface area (Å²) in [6, 6.07) is 9.34. The van der Waals surface area contributed by atoms with Gasteiger partial charge >= 0.3 is 6.03 Å². The summed E-state index contributed by atoms with van der Waals surface area (Å²) in [5.41, 5.74) is 1.14. The van der Waals surface area contributed by atoms with E-state index in [2.05, 4.69) is 22.5 Å². The molecule has 1 aliphatic carbocycles. The van der Waals surface area contributed by atoms with Crippen molar-refractivity contribution in [2.75, 3.05) is 13.1 Å². The molecule has 1 aliphatic heterocycles. The molecule has 0 spiro atoms. The van der Waals surface area contributed by atoms with Gasteiger partial charge in [0.1, 0.15) is 0 Å². The fraction of sp³-hybridized carbons (Fsp3) is 0.588. The summed E-state index contributed by atoms with van der Waals surface area (Å²) >= 11 is 5.95. The number of halogens is 1. The highest BCUT2D eigenvalue weighted by molar-refractivity contribution is 6.30. The number of likely N-dealkylation sites (tertiary alicyclic amines) is 1. The minimum absolute atomic E-state index is 0.0584. The van der Waals surface area contributed by atoms with Crippen molar-refractivity contribution in [3.63, 3.8) is 0 Å². The highest BCUT2D eigenvalue weighted by atomic mass is 35.5. The van der Waals surface area contributed by atoms with E-state index in [0.717, 1.165) is 36.0 Å². The van der Waals surface area contributed by atoms with Crippen LogP contribution >= 0.6 is 11.6 Å². The van der Waals surface area contributed by atoms with Crippen molar-refractivity contribution < 1.29 is 4.79 Å². The lowest BCUT2D eigenvalue weighted by atomic mass is 10.1. The maximum absolute atomic E-state index is 12.0. The Hall–Kier alpha value is -1.26. The first-order valence-corrected chi connectivity index (χ1v) is 8.54. The summed E-state index contributed by atoms with van der Waals surface area (Å²) in [5.74, 6) is 0. The monoisotopic (exact) mass is 321 g/mol. The smallest absolute Gasteiger partial charge is 0.315 e. The predicted molar refractivity (Wildman–Crippen MR) is 89.3 cm³/mol. The number of hydrogen-bond donors (Lipinski definition) is 2. The van der Waals surface area contributed by atoms with Gasteiger partial charge in [-0.05, 0) is 50.3 Å². The highest BCUT2D eigenvalue weighted by Crippen LogP contribution is 2.33. The molecule has 1 aromatic rings. The summed E-state index contributed by atoms with van der Waals surface area (Å²) in [6.45, 7) is 3.88. The Kier molecular flexibility index (Phi) is 4.89. The van der Waals surface area contributed by atoms with Gasteiger partial charge in [-0.1, -0.05) is 23.7 Å². The van der Waals surface area contributed by atoms with Crippen LogP contribution in [0.1, 0.15) is 31.7 Å². The largest absolute Gasteiger partial charge is 0.338 e. The number of amides is 2. The molecule has 0 aromatic heterocycles. The maximum atomic E-state index is 12.0. The van der Waals surface area contributed by atoms with Crippen LogP contribution in [0.25, 0.3) is 0 Å². The fourth-order valence-corrected chi connectivity index (χ4v) is 3.54. The standard InChI is InChI=1S/C17H24ClN3O/c1-12-9-15(11-21(12)16-5-6-16)20-17(22)19-8-7-13-3-2-4-14(18)10-13/h2-4,10,12,15-16H,5-9,11H2,1H3,(H2,19,20,22). The molecule has 5 heteroatoms. The average Bonchev–Trinajstić information content (AvgIpc) is 3.23. The molecule has 1 aromatic carbocycles. The topological polar surface area (TPSA) is 44.4 Å². The molecule has 2 unspecified atom stereocenters.